The van der Waals surface area contributed by atoms with Gasteiger partial charge in [-0.1, -0.05) is 18.2 Å². The zero-order chi connectivity index (χ0) is 13.7. The van der Waals surface area contributed by atoms with Gasteiger partial charge in [-0.3, -0.25) is 0 Å². The van der Waals surface area contributed by atoms with Crippen molar-refractivity contribution in [3.05, 3.63) is 54.1 Å². The summed E-state index contributed by atoms with van der Waals surface area (Å²) in [6, 6.07) is 10.9. The van der Waals surface area contributed by atoms with Crippen LogP contribution in [-0.2, 0) is 0 Å². The summed E-state index contributed by atoms with van der Waals surface area (Å²) in [4.78, 5) is 0. The molecule has 19 heavy (non-hydrogen) atoms. The third-order valence-electron chi connectivity index (χ3n) is 2.68. The van der Waals surface area contributed by atoms with E-state index in [4.69, 9.17) is 9.84 Å². The van der Waals surface area contributed by atoms with Gasteiger partial charge in [-0.05, 0) is 35.4 Å². The van der Waals surface area contributed by atoms with E-state index in [9.17, 15) is 8.78 Å². The molecule has 2 aromatic rings. The average Bonchev–Trinajstić information content (AvgIpc) is 2.43. The highest BCUT2D eigenvalue weighted by molar-refractivity contribution is 5.64. The van der Waals surface area contributed by atoms with Crippen LogP contribution in [0.1, 0.15) is 6.42 Å². The van der Waals surface area contributed by atoms with Crippen molar-refractivity contribution in [2.45, 2.75) is 6.42 Å². The summed E-state index contributed by atoms with van der Waals surface area (Å²) < 4.78 is 31.3. The third-order valence-corrected chi connectivity index (χ3v) is 2.68. The van der Waals surface area contributed by atoms with Crippen LogP contribution < -0.4 is 4.74 Å². The fourth-order valence-corrected chi connectivity index (χ4v) is 1.67. The van der Waals surface area contributed by atoms with Crippen LogP contribution in [0.2, 0.25) is 0 Å². The van der Waals surface area contributed by atoms with Gasteiger partial charge >= 0.3 is 0 Å². The van der Waals surface area contributed by atoms with E-state index in [-0.39, 0.29) is 6.61 Å². The number of rotatable bonds is 5. The largest absolute Gasteiger partial charge is 0.494 e. The molecule has 0 atom stereocenters. The van der Waals surface area contributed by atoms with Crippen molar-refractivity contribution in [3.63, 3.8) is 0 Å². The third kappa shape index (κ3) is 3.51. The van der Waals surface area contributed by atoms with Crippen molar-refractivity contribution in [2.24, 2.45) is 0 Å². The van der Waals surface area contributed by atoms with Crippen molar-refractivity contribution in [1.29, 1.82) is 0 Å². The van der Waals surface area contributed by atoms with E-state index in [1.807, 2.05) is 0 Å². The lowest BCUT2D eigenvalue weighted by atomic mass is 10.1. The van der Waals surface area contributed by atoms with Gasteiger partial charge in [-0.15, -0.1) is 0 Å². The number of halogens is 2. The molecule has 0 aliphatic heterocycles. The second-order valence-corrected chi connectivity index (χ2v) is 4.08. The number of ether oxygens (including phenoxy) is 1. The second-order valence-electron chi connectivity index (χ2n) is 4.08. The molecule has 0 saturated carbocycles. The molecule has 0 aliphatic carbocycles. The maximum atomic E-state index is 13.1. The molecule has 2 rings (SSSR count). The number of hydrogen-bond acceptors (Lipinski definition) is 2. The van der Waals surface area contributed by atoms with Crippen LogP contribution in [0.3, 0.4) is 0 Å². The van der Waals surface area contributed by atoms with Gasteiger partial charge in [-0.2, -0.15) is 0 Å². The molecule has 0 radical (unpaired) electrons. The molecule has 0 heterocycles. The lowest BCUT2D eigenvalue weighted by Gasteiger charge is -2.07. The zero-order valence-corrected chi connectivity index (χ0v) is 10.3. The lowest BCUT2D eigenvalue weighted by Crippen LogP contribution is -1.99. The van der Waals surface area contributed by atoms with Crippen molar-refractivity contribution in [2.75, 3.05) is 13.2 Å². The van der Waals surface area contributed by atoms with Gasteiger partial charge in [-0.25, -0.2) is 8.78 Å². The lowest BCUT2D eigenvalue weighted by molar-refractivity contribution is 0.233. The minimum absolute atomic E-state index is 0.0902. The molecule has 100 valence electrons. The summed E-state index contributed by atoms with van der Waals surface area (Å²) in [5, 5.41) is 8.64. The van der Waals surface area contributed by atoms with Crippen LogP contribution in [0.5, 0.6) is 5.75 Å². The molecular formula is C15H14F2O2. The van der Waals surface area contributed by atoms with Crippen LogP contribution >= 0.6 is 0 Å². The molecule has 1 N–H and O–H groups in total. The van der Waals surface area contributed by atoms with E-state index in [2.05, 4.69) is 0 Å². The summed E-state index contributed by atoms with van der Waals surface area (Å²) in [5.41, 5.74) is 1.40. The van der Waals surface area contributed by atoms with Gasteiger partial charge in [0, 0.05) is 13.0 Å². The summed E-state index contributed by atoms with van der Waals surface area (Å²) in [6.45, 7) is 0.536. The normalized spacial score (nSPS) is 10.5. The molecule has 0 bridgehead atoms. The van der Waals surface area contributed by atoms with Crippen LogP contribution in [0.25, 0.3) is 11.1 Å². The minimum atomic E-state index is -0.860. The van der Waals surface area contributed by atoms with Crippen molar-refractivity contribution in [3.8, 4) is 16.9 Å². The van der Waals surface area contributed by atoms with E-state index < -0.39 is 11.6 Å². The highest BCUT2D eigenvalue weighted by atomic mass is 19.2. The Kier molecular flexibility index (Phi) is 4.47. The first-order chi connectivity index (χ1) is 9.20. The van der Waals surface area contributed by atoms with E-state index in [0.717, 1.165) is 17.7 Å². The van der Waals surface area contributed by atoms with Gasteiger partial charge in [0.25, 0.3) is 0 Å². The standard InChI is InChI=1S/C15H14F2O2/c16-14-7-4-12(10-15(14)17)11-2-5-13(6-3-11)19-9-1-8-18/h2-7,10,18H,1,8-9H2. The Morgan fingerprint density at radius 2 is 1.58 bits per heavy atom. The van der Waals surface area contributed by atoms with Crippen LogP contribution in [0, 0.1) is 11.6 Å². The van der Waals surface area contributed by atoms with Gasteiger partial charge in [0.2, 0.25) is 0 Å². The first-order valence-corrected chi connectivity index (χ1v) is 6.00. The summed E-state index contributed by atoms with van der Waals surface area (Å²) in [6.07, 6.45) is 0.574. The van der Waals surface area contributed by atoms with E-state index >= 15 is 0 Å². The molecule has 0 unspecified atom stereocenters. The first-order valence-electron chi connectivity index (χ1n) is 6.00. The predicted molar refractivity (Wildman–Crippen MR) is 69.0 cm³/mol. The highest BCUT2D eigenvalue weighted by Crippen LogP contribution is 2.24. The van der Waals surface area contributed by atoms with Gasteiger partial charge in [0.05, 0.1) is 6.61 Å². The van der Waals surface area contributed by atoms with Gasteiger partial charge in [0.1, 0.15) is 5.75 Å². The summed E-state index contributed by atoms with van der Waals surface area (Å²) in [7, 11) is 0. The number of hydrogen-bond donors (Lipinski definition) is 1. The molecule has 0 aliphatic rings. The fourth-order valence-electron chi connectivity index (χ4n) is 1.67. The number of aliphatic hydroxyl groups excluding tert-OH is 1. The Morgan fingerprint density at radius 1 is 0.895 bits per heavy atom. The topological polar surface area (TPSA) is 29.5 Å². The monoisotopic (exact) mass is 264 g/mol. The molecular weight excluding hydrogens is 250 g/mol. The molecule has 0 amide bonds. The average molecular weight is 264 g/mol. The quantitative estimate of drug-likeness (QED) is 0.839. The summed E-state index contributed by atoms with van der Waals surface area (Å²) in [5.74, 6) is -1.03. The Morgan fingerprint density at radius 3 is 2.21 bits per heavy atom. The Bertz CT molecular complexity index is 538. The Balaban J connectivity index is 2.11. The fraction of sp³-hybridized carbons (Fsp3) is 0.200. The number of benzene rings is 2. The van der Waals surface area contributed by atoms with Crippen molar-refractivity contribution in [1.82, 2.24) is 0 Å². The zero-order valence-electron chi connectivity index (χ0n) is 10.3. The maximum Gasteiger partial charge on any atom is 0.159 e. The van der Waals surface area contributed by atoms with Gasteiger partial charge in [0.15, 0.2) is 11.6 Å². The van der Waals surface area contributed by atoms with E-state index in [1.54, 1.807) is 24.3 Å². The maximum absolute atomic E-state index is 13.1. The number of aliphatic hydroxyl groups is 1. The van der Waals surface area contributed by atoms with E-state index in [1.165, 1.54) is 6.07 Å². The smallest absolute Gasteiger partial charge is 0.159 e. The minimum Gasteiger partial charge on any atom is -0.494 e. The Labute approximate surface area is 110 Å². The Hall–Kier alpha value is -1.94. The van der Waals surface area contributed by atoms with Crippen LogP contribution in [0.4, 0.5) is 8.78 Å². The van der Waals surface area contributed by atoms with Crippen molar-refractivity contribution >= 4 is 0 Å². The predicted octanol–water partition coefficient (Wildman–Crippen LogP) is 3.39. The highest BCUT2D eigenvalue weighted by Gasteiger charge is 2.04. The van der Waals surface area contributed by atoms with Gasteiger partial charge < -0.3 is 9.84 Å². The van der Waals surface area contributed by atoms with Crippen molar-refractivity contribution < 1.29 is 18.6 Å². The summed E-state index contributed by atoms with van der Waals surface area (Å²) >= 11 is 0. The SMILES string of the molecule is OCCCOc1ccc(-c2ccc(F)c(F)c2)cc1. The molecule has 0 spiro atoms. The van der Waals surface area contributed by atoms with Crippen LogP contribution in [0.15, 0.2) is 42.5 Å². The molecule has 2 nitrogen and oxygen atoms in total. The second kappa shape index (κ2) is 6.29. The molecule has 0 fully saturated rings. The molecule has 4 heteroatoms. The van der Waals surface area contributed by atoms with E-state index in [0.29, 0.717) is 24.3 Å². The molecule has 0 aromatic heterocycles. The first kappa shape index (κ1) is 13.5. The molecule has 0 saturated heterocycles. The molecule has 2 aromatic carbocycles. The van der Waals surface area contributed by atoms with Crippen LogP contribution in [-0.4, -0.2) is 18.3 Å².